The average Bonchev–Trinajstić information content (AvgIpc) is 1.90. The Balaban J connectivity index is 3.01. The molecule has 0 saturated carbocycles. The minimum Gasteiger partial charge on any atom is -0.386 e. The van der Waals surface area contributed by atoms with Crippen LogP contribution in [0.4, 0.5) is 0 Å². The van der Waals surface area contributed by atoms with E-state index in [0.29, 0.717) is 0 Å². The molecule has 0 saturated heterocycles. The van der Waals surface area contributed by atoms with E-state index in [0.717, 1.165) is 5.19 Å². The van der Waals surface area contributed by atoms with Crippen LogP contribution in [0.15, 0.2) is 24.3 Å². The summed E-state index contributed by atoms with van der Waals surface area (Å²) in [5.74, 6) is 0. The van der Waals surface area contributed by atoms with E-state index in [1.54, 1.807) is 0 Å². The van der Waals surface area contributed by atoms with Crippen LogP contribution >= 0.6 is 0 Å². The van der Waals surface area contributed by atoms with Crippen molar-refractivity contribution in [1.82, 2.24) is 0 Å². The lowest BCUT2D eigenvalue weighted by Gasteiger charge is -1.89. The number of benzene rings is 1. The molecule has 1 aromatic rings. The van der Waals surface area contributed by atoms with Crippen molar-refractivity contribution < 1.29 is 4.46 Å². The molecule has 46 valence electrons. The molecule has 1 nitrogen and oxygen atoms in total. The maximum absolute atomic E-state index is 10.3. The van der Waals surface area contributed by atoms with Crippen LogP contribution in [0.1, 0.15) is 5.56 Å². The lowest BCUT2D eigenvalue weighted by molar-refractivity contribution is 0.583. The Morgan fingerprint density at radius 1 is 1.22 bits per heavy atom. The highest BCUT2D eigenvalue weighted by Gasteiger charge is 1.86. The van der Waals surface area contributed by atoms with Gasteiger partial charge in [-0.1, -0.05) is 29.8 Å². The second-order valence-corrected chi connectivity index (χ2v) is 2.93. The molecule has 0 spiro atoms. The van der Waals surface area contributed by atoms with Crippen molar-refractivity contribution in [3.8, 4) is 0 Å². The normalized spacial score (nSPS) is 9.00. The summed E-state index contributed by atoms with van der Waals surface area (Å²) in [5.41, 5.74) is 1.21. The van der Waals surface area contributed by atoms with Gasteiger partial charge in [0.25, 0.3) is 9.41 Å². The fourth-order valence-electron chi connectivity index (χ4n) is 0.645. The van der Waals surface area contributed by atoms with Crippen LogP contribution in [0.5, 0.6) is 0 Å². The fraction of sp³-hybridized carbons (Fsp3) is 0.143. The zero-order chi connectivity index (χ0) is 6.69. The Hall–Kier alpha value is -0.763. The van der Waals surface area contributed by atoms with Crippen LogP contribution in [0.3, 0.4) is 0 Å². The van der Waals surface area contributed by atoms with Crippen molar-refractivity contribution in [2.75, 3.05) is 0 Å². The number of rotatable bonds is 1. The highest BCUT2D eigenvalue weighted by Crippen LogP contribution is 1.90. The Bertz CT molecular complexity index is 203. The zero-order valence-electron chi connectivity index (χ0n) is 5.29. The molecule has 0 aliphatic rings. The van der Waals surface area contributed by atoms with E-state index >= 15 is 0 Å². The molecule has 1 aromatic carbocycles. The van der Waals surface area contributed by atoms with Gasteiger partial charge < -0.3 is 4.46 Å². The summed E-state index contributed by atoms with van der Waals surface area (Å²) < 4.78 is 10.3. The largest absolute Gasteiger partial charge is 0.386 e. The number of hydrogen-bond donors (Lipinski definition) is 0. The van der Waals surface area contributed by atoms with E-state index < -0.39 is 9.41 Å². The average molecular weight is 136 g/mol. The zero-order valence-corrected chi connectivity index (χ0v) is 6.45. The summed E-state index contributed by atoms with van der Waals surface area (Å²) in [5, 5.41) is 0.945. The molecule has 0 aliphatic carbocycles. The Kier molecular flexibility index (Phi) is 1.90. The van der Waals surface area contributed by atoms with Crippen LogP contribution in [0.25, 0.3) is 0 Å². The first-order chi connectivity index (χ1) is 4.33. The van der Waals surface area contributed by atoms with Crippen molar-refractivity contribution in [3.63, 3.8) is 0 Å². The van der Waals surface area contributed by atoms with E-state index in [2.05, 4.69) is 0 Å². The molecule has 0 aliphatic heterocycles. The summed E-state index contributed by atoms with van der Waals surface area (Å²) in [4.78, 5) is 0. The molecule has 9 heavy (non-hydrogen) atoms. The van der Waals surface area contributed by atoms with Gasteiger partial charge in [-0.25, -0.2) is 0 Å². The van der Waals surface area contributed by atoms with Gasteiger partial charge in [-0.2, -0.15) is 0 Å². The third-order valence-electron chi connectivity index (χ3n) is 1.21. The topological polar surface area (TPSA) is 17.1 Å². The molecule has 0 N–H and O–H groups in total. The molecule has 1 rings (SSSR count). The number of aryl methyl sites for hydroxylation is 1. The lowest BCUT2D eigenvalue weighted by atomic mass is 10.2. The standard InChI is InChI=1S/C7H8OSi/c1-6-2-4-7(9-8)5-3-6/h2-5,9H,1H3. The van der Waals surface area contributed by atoms with Gasteiger partial charge in [0.1, 0.15) is 0 Å². The van der Waals surface area contributed by atoms with Gasteiger partial charge in [0.2, 0.25) is 0 Å². The van der Waals surface area contributed by atoms with Crippen molar-refractivity contribution >= 4 is 14.6 Å². The van der Waals surface area contributed by atoms with Crippen molar-refractivity contribution in [2.24, 2.45) is 0 Å². The van der Waals surface area contributed by atoms with E-state index in [1.807, 2.05) is 31.2 Å². The van der Waals surface area contributed by atoms with Crippen LogP contribution in [0, 0.1) is 6.92 Å². The molecule has 0 unspecified atom stereocenters. The van der Waals surface area contributed by atoms with Gasteiger partial charge in [-0.3, -0.25) is 0 Å². The molecule has 0 radical (unpaired) electrons. The molecule has 0 bridgehead atoms. The molecular formula is C7H8OSi. The monoisotopic (exact) mass is 136 g/mol. The SMILES string of the molecule is Cc1ccc([SiH]=O)cc1. The summed E-state index contributed by atoms with van der Waals surface area (Å²) in [6.45, 7) is 2.02. The minimum atomic E-state index is -0.749. The van der Waals surface area contributed by atoms with Gasteiger partial charge >= 0.3 is 0 Å². The second-order valence-electron chi connectivity index (χ2n) is 2.03. The van der Waals surface area contributed by atoms with Crippen LogP contribution < -0.4 is 5.19 Å². The van der Waals surface area contributed by atoms with Crippen molar-refractivity contribution in [3.05, 3.63) is 29.8 Å². The maximum Gasteiger partial charge on any atom is 0.296 e. The third kappa shape index (κ3) is 1.57. The van der Waals surface area contributed by atoms with Crippen molar-refractivity contribution in [1.29, 1.82) is 0 Å². The molecule has 0 amide bonds. The Labute approximate surface area is 56.6 Å². The second kappa shape index (κ2) is 2.69. The quantitative estimate of drug-likeness (QED) is 0.511. The van der Waals surface area contributed by atoms with E-state index in [-0.39, 0.29) is 0 Å². The lowest BCUT2D eigenvalue weighted by Crippen LogP contribution is -2.04. The summed E-state index contributed by atoms with van der Waals surface area (Å²) in [6, 6.07) is 7.75. The van der Waals surface area contributed by atoms with Gasteiger partial charge in [-0.15, -0.1) is 0 Å². The highest BCUT2D eigenvalue weighted by atomic mass is 28.2. The highest BCUT2D eigenvalue weighted by molar-refractivity contribution is 6.38. The maximum atomic E-state index is 10.3. The smallest absolute Gasteiger partial charge is 0.296 e. The van der Waals surface area contributed by atoms with Gasteiger partial charge in [-0.05, 0) is 12.1 Å². The summed E-state index contributed by atoms with van der Waals surface area (Å²) in [6.07, 6.45) is 0. The van der Waals surface area contributed by atoms with Crippen molar-refractivity contribution in [2.45, 2.75) is 6.92 Å². The minimum absolute atomic E-state index is 0.749. The predicted octanol–water partition coefficient (Wildman–Crippen LogP) is 0.402. The molecule has 0 heterocycles. The van der Waals surface area contributed by atoms with Crippen LogP contribution in [-0.2, 0) is 4.46 Å². The van der Waals surface area contributed by atoms with Gasteiger partial charge in [0.05, 0.1) is 0 Å². The first-order valence-electron chi connectivity index (χ1n) is 2.85. The van der Waals surface area contributed by atoms with E-state index in [1.165, 1.54) is 5.56 Å². The molecule has 0 aromatic heterocycles. The summed E-state index contributed by atoms with van der Waals surface area (Å²) >= 11 is 0. The van der Waals surface area contributed by atoms with Gasteiger partial charge in [0, 0.05) is 0 Å². The molecule has 2 heteroatoms. The first-order valence-corrected chi connectivity index (χ1v) is 3.89. The fourth-order valence-corrected chi connectivity index (χ4v) is 0.995. The third-order valence-corrected chi connectivity index (χ3v) is 1.87. The molecule has 0 atom stereocenters. The Morgan fingerprint density at radius 2 is 1.78 bits per heavy atom. The Morgan fingerprint density at radius 3 is 2.22 bits per heavy atom. The van der Waals surface area contributed by atoms with Crippen LogP contribution in [-0.4, -0.2) is 9.41 Å². The van der Waals surface area contributed by atoms with Crippen LogP contribution in [0.2, 0.25) is 0 Å². The van der Waals surface area contributed by atoms with Gasteiger partial charge in [0.15, 0.2) is 0 Å². The molecular weight excluding hydrogens is 128 g/mol. The first kappa shape index (κ1) is 6.36. The number of hydrogen-bond acceptors (Lipinski definition) is 1. The predicted molar refractivity (Wildman–Crippen MR) is 38.6 cm³/mol. The van der Waals surface area contributed by atoms with E-state index in [9.17, 15) is 4.46 Å². The summed E-state index contributed by atoms with van der Waals surface area (Å²) in [7, 11) is -0.749. The van der Waals surface area contributed by atoms with E-state index in [4.69, 9.17) is 0 Å². The molecule has 0 fully saturated rings.